The first-order chi connectivity index (χ1) is 28.8. The molecule has 0 aliphatic rings. The first-order valence-corrected chi connectivity index (χ1v) is 21.2. The van der Waals surface area contributed by atoms with Crippen LogP contribution in [0.4, 0.5) is 17.1 Å². The molecule has 58 heavy (non-hydrogen) atoms. The number of hydrogen-bond acceptors (Lipinski definition) is 4. The lowest BCUT2D eigenvalue weighted by Crippen LogP contribution is -2.10. The second-order valence-electron chi connectivity index (χ2n) is 14.8. The van der Waals surface area contributed by atoms with Gasteiger partial charge in [0.2, 0.25) is 0 Å². The third-order valence-electron chi connectivity index (χ3n) is 11.5. The summed E-state index contributed by atoms with van der Waals surface area (Å²) >= 11 is 3.74. The van der Waals surface area contributed by atoms with Gasteiger partial charge in [-0.05, 0) is 88.0 Å². The number of anilines is 3. The normalized spacial score (nSPS) is 11.8. The van der Waals surface area contributed by atoms with Crippen molar-refractivity contribution in [2.45, 2.75) is 0 Å². The van der Waals surface area contributed by atoms with E-state index in [0.717, 1.165) is 39.0 Å². The van der Waals surface area contributed by atoms with E-state index < -0.39 is 0 Å². The van der Waals surface area contributed by atoms with E-state index in [1.165, 1.54) is 73.7 Å². The summed E-state index contributed by atoms with van der Waals surface area (Å²) in [6.45, 7) is 0. The molecule has 3 aromatic heterocycles. The Kier molecular flexibility index (Phi) is 7.62. The highest BCUT2D eigenvalue weighted by molar-refractivity contribution is 7.26. The first kappa shape index (κ1) is 33.2. The van der Waals surface area contributed by atoms with Crippen LogP contribution in [-0.2, 0) is 0 Å². The number of benzene rings is 9. The zero-order valence-corrected chi connectivity index (χ0v) is 32.9. The topological polar surface area (TPSA) is 16.4 Å². The molecule has 272 valence electrons. The molecule has 0 amide bonds. The molecule has 0 radical (unpaired) electrons. The van der Waals surface area contributed by atoms with Crippen molar-refractivity contribution in [3.8, 4) is 33.4 Å². The zero-order valence-electron chi connectivity index (χ0n) is 31.2. The predicted molar refractivity (Wildman–Crippen MR) is 250 cm³/mol. The maximum absolute atomic E-state index is 6.82. The van der Waals surface area contributed by atoms with Crippen LogP contribution in [-0.4, -0.2) is 0 Å². The predicted octanol–water partition coefficient (Wildman–Crippen LogP) is 16.8. The van der Waals surface area contributed by atoms with Gasteiger partial charge in [0.1, 0.15) is 5.58 Å². The number of hydrogen-bond donors (Lipinski definition) is 0. The molecule has 0 N–H and O–H groups in total. The van der Waals surface area contributed by atoms with Gasteiger partial charge in [-0.1, -0.05) is 146 Å². The van der Waals surface area contributed by atoms with E-state index in [9.17, 15) is 0 Å². The monoisotopic (exact) mass is 775 g/mol. The number of thiophene rings is 2. The molecule has 0 aliphatic heterocycles. The Morgan fingerprint density at radius 2 is 1.02 bits per heavy atom. The average molecular weight is 776 g/mol. The Morgan fingerprint density at radius 3 is 1.81 bits per heavy atom. The summed E-state index contributed by atoms with van der Waals surface area (Å²) in [6.07, 6.45) is 0. The molecule has 4 heteroatoms. The van der Waals surface area contributed by atoms with Crippen LogP contribution in [0.25, 0.3) is 95.7 Å². The lowest BCUT2D eigenvalue weighted by atomic mass is 9.94. The van der Waals surface area contributed by atoms with Gasteiger partial charge in [-0.15, -0.1) is 22.7 Å². The van der Waals surface area contributed by atoms with E-state index in [4.69, 9.17) is 4.42 Å². The Bertz CT molecular complexity index is 3510. The van der Waals surface area contributed by atoms with Crippen molar-refractivity contribution in [3.63, 3.8) is 0 Å². The Labute approximate surface area is 343 Å². The van der Waals surface area contributed by atoms with Gasteiger partial charge in [0, 0.05) is 56.8 Å². The van der Waals surface area contributed by atoms with Crippen LogP contribution in [0.5, 0.6) is 0 Å². The fourth-order valence-electron chi connectivity index (χ4n) is 8.83. The molecular formula is C54H33NOS2. The molecule has 12 aromatic rings. The van der Waals surface area contributed by atoms with Crippen molar-refractivity contribution in [2.24, 2.45) is 0 Å². The summed E-state index contributed by atoms with van der Waals surface area (Å²) in [6, 6.07) is 72.6. The third-order valence-corrected chi connectivity index (χ3v) is 13.8. The van der Waals surface area contributed by atoms with E-state index in [1.807, 2.05) is 22.7 Å². The van der Waals surface area contributed by atoms with Crippen molar-refractivity contribution >= 4 is 102 Å². The van der Waals surface area contributed by atoms with E-state index >= 15 is 0 Å². The van der Waals surface area contributed by atoms with Gasteiger partial charge in [0.25, 0.3) is 0 Å². The van der Waals surface area contributed by atoms with Crippen LogP contribution in [0.1, 0.15) is 0 Å². The minimum Gasteiger partial charge on any atom is -0.454 e. The molecule has 0 fully saturated rings. The summed E-state index contributed by atoms with van der Waals surface area (Å²) in [7, 11) is 0. The lowest BCUT2D eigenvalue weighted by Gasteiger charge is -2.27. The Balaban J connectivity index is 1.18. The van der Waals surface area contributed by atoms with Gasteiger partial charge in [-0.2, -0.15) is 0 Å². The number of para-hydroxylation sites is 2. The second kappa shape index (κ2) is 13.3. The molecule has 0 spiro atoms. The minimum absolute atomic E-state index is 0.872. The minimum atomic E-state index is 0.872. The van der Waals surface area contributed by atoms with Crippen molar-refractivity contribution < 1.29 is 4.42 Å². The smallest absolute Gasteiger partial charge is 0.159 e. The van der Waals surface area contributed by atoms with Crippen LogP contribution in [0, 0.1) is 0 Å². The van der Waals surface area contributed by atoms with Crippen LogP contribution < -0.4 is 4.90 Å². The summed E-state index contributed by atoms with van der Waals surface area (Å²) in [5, 5.41) is 7.23. The summed E-state index contributed by atoms with van der Waals surface area (Å²) < 4.78 is 11.9. The van der Waals surface area contributed by atoms with Gasteiger partial charge < -0.3 is 9.32 Å². The molecule has 2 nitrogen and oxygen atoms in total. The van der Waals surface area contributed by atoms with E-state index in [-0.39, 0.29) is 0 Å². The van der Waals surface area contributed by atoms with Crippen LogP contribution >= 0.6 is 22.7 Å². The van der Waals surface area contributed by atoms with Crippen LogP contribution in [0.3, 0.4) is 0 Å². The summed E-state index contributed by atoms with van der Waals surface area (Å²) in [4.78, 5) is 2.45. The number of rotatable bonds is 6. The Morgan fingerprint density at radius 1 is 0.362 bits per heavy atom. The van der Waals surface area contributed by atoms with E-state index in [0.29, 0.717) is 0 Å². The molecule has 0 unspecified atom stereocenters. The van der Waals surface area contributed by atoms with E-state index in [2.05, 4.69) is 205 Å². The molecule has 0 bridgehead atoms. The molecule has 3 heterocycles. The molecule has 9 aromatic carbocycles. The summed E-state index contributed by atoms with van der Waals surface area (Å²) in [5.74, 6) is 0. The fourth-order valence-corrected chi connectivity index (χ4v) is 11.2. The SMILES string of the molecule is c1ccc(-c2cc(-c3ccccc3)c3c(c2)sc2ccc(N(c4cccc5c4oc4ccccc45)c4ccc(-c5ccccc5)c5sc6ccccc6c45)cc23)cc1. The van der Waals surface area contributed by atoms with Gasteiger partial charge in [0.15, 0.2) is 5.58 Å². The van der Waals surface area contributed by atoms with E-state index in [1.54, 1.807) is 0 Å². The standard InChI is InChI=1S/C54H33NOS2/c1-4-15-34(16-5-1)37-31-43(36-19-8-3-9-20-36)51-44-33-38(27-30-49(44)57-50(51)32-37)55(46-24-14-23-41-40-21-10-12-25-47(40)56-53(41)46)45-29-28-39(35-17-6-2-7-18-35)54-52(45)42-22-11-13-26-48(42)58-54/h1-33H. The van der Waals surface area contributed by atoms with Gasteiger partial charge in [-0.25, -0.2) is 0 Å². The molecular weight excluding hydrogens is 743 g/mol. The van der Waals surface area contributed by atoms with Gasteiger partial charge in [0.05, 0.1) is 11.4 Å². The van der Waals surface area contributed by atoms with Crippen LogP contribution in [0.15, 0.2) is 205 Å². The summed E-state index contributed by atoms with van der Waals surface area (Å²) in [5.41, 5.74) is 12.3. The van der Waals surface area contributed by atoms with Crippen molar-refractivity contribution in [2.75, 3.05) is 4.90 Å². The van der Waals surface area contributed by atoms with Gasteiger partial charge >= 0.3 is 0 Å². The van der Waals surface area contributed by atoms with Gasteiger partial charge in [-0.3, -0.25) is 0 Å². The lowest BCUT2D eigenvalue weighted by molar-refractivity contribution is 0.669. The third kappa shape index (κ3) is 5.23. The molecule has 12 rings (SSSR count). The average Bonchev–Trinajstić information content (AvgIpc) is 3.99. The number of furan rings is 1. The van der Waals surface area contributed by atoms with Crippen molar-refractivity contribution in [3.05, 3.63) is 200 Å². The maximum atomic E-state index is 6.82. The first-order valence-electron chi connectivity index (χ1n) is 19.6. The number of nitrogens with zero attached hydrogens (tertiary/aromatic N) is 1. The molecule has 0 aliphatic carbocycles. The van der Waals surface area contributed by atoms with Crippen molar-refractivity contribution in [1.29, 1.82) is 0 Å². The highest BCUT2D eigenvalue weighted by Crippen LogP contribution is 2.51. The highest BCUT2D eigenvalue weighted by Gasteiger charge is 2.25. The largest absolute Gasteiger partial charge is 0.454 e. The highest BCUT2D eigenvalue weighted by atomic mass is 32.1. The van der Waals surface area contributed by atoms with Crippen LogP contribution in [0.2, 0.25) is 0 Å². The second-order valence-corrected chi connectivity index (χ2v) is 16.9. The quantitative estimate of drug-likeness (QED) is 0.167. The maximum Gasteiger partial charge on any atom is 0.159 e. The number of fused-ring (bicyclic) bond motifs is 9. The fraction of sp³-hybridized carbons (Fsp3) is 0. The Hall–Kier alpha value is -6.98. The zero-order chi connectivity index (χ0) is 38.2. The molecule has 0 saturated heterocycles. The molecule has 0 saturated carbocycles. The molecule has 0 atom stereocenters. The van der Waals surface area contributed by atoms with Crippen molar-refractivity contribution in [1.82, 2.24) is 0 Å².